The molecule has 73 valence electrons. The van der Waals surface area contributed by atoms with Crippen molar-refractivity contribution in [2.24, 2.45) is 0 Å². The number of benzene rings is 1. The number of amides is 1. The third-order valence-corrected chi connectivity index (χ3v) is 1.82. The van der Waals surface area contributed by atoms with E-state index in [0.717, 1.165) is 17.7 Å². The first-order chi connectivity index (χ1) is 6.24. The second-order valence-electron chi connectivity index (χ2n) is 3.04. The van der Waals surface area contributed by atoms with E-state index in [1.165, 1.54) is 0 Å². The fourth-order valence-electron chi connectivity index (χ4n) is 1.09. The van der Waals surface area contributed by atoms with Crippen LogP contribution in [0.5, 0.6) is 0 Å². The van der Waals surface area contributed by atoms with Crippen molar-refractivity contribution in [3.05, 3.63) is 29.8 Å². The molecule has 0 aliphatic heterocycles. The van der Waals surface area contributed by atoms with Crippen LogP contribution in [0.4, 0.5) is 5.69 Å². The monoisotopic (exact) mass is 265 g/mol. The van der Waals surface area contributed by atoms with E-state index < -0.39 is 0 Å². The van der Waals surface area contributed by atoms with Crippen LogP contribution >= 0.6 is 0 Å². The third kappa shape index (κ3) is 4.34. The van der Waals surface area contributed by atoms with Gasteiger partial charge in [0.2, 0.25) is 5.91 Å². The van der Waals surface area contributed by atoms with Gasteiger partial charge < -0.3 is 5.32 Å². The molecule has 1 aromatic rings. The Bertz CT molecular complexity index is 299. The van der Waals surface area contributed by atoms with Crippen molar-refractivity contribution >= 4 is 11.6 Å². The molecule has 0 unspecified atom stereocenters. The van der Waals surface area contributed by atoms with Gasteiger partial charge in [0.1, 0.15) is 0 Å². The van der Waals surface area contributed by atoms with Crippen LogP contribution in [0.25, 0.3) is 0 Å². The third-order valence-electron chi connectivity index (χ3n) is 1.82. The van der Waals surface area contributed by atoms with Crippen molar-refractivity contribution in [3.63, 3.8) is 0 Å². The fraction of sp³-hybridized carbons (Fsp3) is 0.364. The predicted octanol–water partition coefficient (Wildman–Crippen LogP) is 2.53. The van der Waals surface area contributed by atoms with Crippen molar-refractivity contribution in [2.75, 3.05) is 5.32 Å². The summed E-state index contributed by atoms with van der Waals surface area (Å²) in [4.78, 5) is 11.2. The van der Waals surface area contributed by atoms with E-state index in [0.29, 0.717) is 6.42 Å². The van der Waals surface area contributed by atoms with E-state index in [-0.39, 0.29) is 38.6 Å². The molecule has 0 aliphatic carbocycles. The molecule has 0 heterocycles. The number of anilines is 1. The van der Waals surface area contributed by atoms with Crippen molar-refractivity contribution in [2.45, 2.75) is 26.7 Å². The maximum atomic E-state index is 11.2. The van der Waals surface area contributed by atoms with E-state index in [4.69, 9.17) is 0 Å². The van der Waals surface area contributed by atoms with Gasteiger partial charge in [0.25, 0.3) is 0 Å². The van der Waals surface area contributed by atoms with Gasteiger partial charge in [-0.1, -0.05) is 19.5 Å². The second-order valence-corrected chi connectivity index (χ2v) is 3.04. The minimum atomic E-state index is 0. The summed E-state index contributed by atoms with van der Waals surface area (Å²) in [6.45, 7) is 3.95. The molecule has 0 bridgehead atoms. The van der Waals surface area contributed by atoms with Crippen LogP contribution in [-0.4, -0.2) is 5.91 Å². The van der Waals surface area contributed by atoms with Gasteiger partial charge in [0, 0.05) is 39.1 Å². The normalized spacial score (nSPS) is 9.00. The van der Waals surface area contributed by atoms with Crippen LogP contribution in [-0.2, 0) is 37.5 Å². The van der Waals surface area contributed by atoms with E-state index in [1.54, 1.807) is 6.07 Å². The van der Waals surface area contributed by atoms with Crippen LogP contribution in [0.3, 0.4) is 0 Å². The maximum Gasteiger partial charge on any atom is 0.222 e. The standard InChI is InChI=1S/C11H14NO.Y/c1-3-6-11(13)12-10-8-5-4-7-9(10)2;/h5,7-8H,3,6H2,1-2H3,(H,12,13);/q-1;. The van der Waals surface area contributed by atoms with Gasteiger partial charge in [0.05, 0.1) is 0 Å². The van der Waals surface area contributed by atoms with E-state index in [1.807, 2.05) is 26.0 Å². The van der Waals surface area contributed by atoms with Crippen LogP contribution < -0.4 is 5.32 Å². The number of carbonyl (C=O) groups excluding carboxylic acids is 1. The molecule has 0 aromatic heterocycles. The molecule has 0 atom stereocenters. The number of hydrogen-bond donors (Lipinski definition) is 1. The molecule has 1 amide bonds. The quantitative estimate of drug-likeness (QED) is 0.836. The van der Waals surface area contributed by atoms with Gasteiger partial charge in [-0.15, -0.1) is 11.6 Å². The Morgan fingerprint density at radius 3 is 2.86 bits per heavy atom. The molecule has 0 aliphatic rings. The first-order valence-corrected chi connectivity index (χ1v) is 4.50. The molecule has 2 nitrogen and oxygen atoms in total. The molecule has 0 saturated carbocycles. The van der Waals surface area contributed by atoms with Gasteiger partial charge in [0.15, 0.2) is 0 Å². The van der Waals surface area contributed by atoms with Crippen LogP contribution in [0.1, 0.15) is 25.3 Å². The van der Waals surface area contributed by atoms with Gasteiger partial charge in [-0.2, -0.15) is 18.2 Å². The number of aryl methyl sites for hydroxylation is 1. The molecule has 1 rings (SSSR count). The first-order valence-electron chi connectivity index (χ1n) is 4.50. The summed E-state index contributed by atoms with van der Waals surface area (Å²) in [5, 5.41) is 2.85. The first kappa shape index (κ1) is 13.8. The SMILES string of the molecule is CCCC(=O)Nc1cc[c-]cc1C.[Y]. The van der Waals surface area contributed by atoms with Gasteiger partial charge in [-0.3, -0.25) is 4.79 Å². The molecule has 14 heavy (non-hydrogen) atoms. The van der Waals surface area contributed by atoms with Crippen molar-refractivity contribution in [3.8, 4) is 0 Å². The summed E-state index contributed by atoms with van der Waals surface area (Å²) in [5.74, 6) is 0.0804. The summed E-state index contributed by atoms with van der Waals surface area (Å²) in [5.41, 5.74) is 1.93. The Morgan fingerprint density at radius 1 is 1.57 bits per heavy atom. The van der Waals surface area contributed by atoms with Gasteiger partial charge in [-0.25, -0.2) is 0 Å². The van der Waals surface area contributed by atoms with Crippen LogP contribution in [0.2, 0.25) is 0 Å². The summed E-state index contributed by atoms with van der Waals surface area (Å²) in [6.07, 6.45) is 1.46. The Labute approximate surface area is 110 Å². The number of carbonyl (C=O) groups is 1. The number of nitrogens with one attached hydrogen (secondary N) is 1. The van der Waals surface area contributed by atoms with E-state index in [2.05, 4.69) is 11.4 Å². The Morgan fingerprint density at radius 2 is 2.29 bits per heavy atom. The van der Waals surface area contributed by atoms with E-state index in [9.17, 15) is 4.79 Å². The zero-order valence-electron chi connectivity index (χ0n) is 8.63. The molecule has 1 N–H and O–H groups in total. The molecule has 1 radical (unpaired) electrons. The molecule has 3 heteroatoms. The molecule has 0 saturated heterocycles. The predicted molar refractivity (Wildman–Crippen MR) is 53.6 cm³/mol. The molecule has 1 aromatic carbocycles. The molecular formula is C11H14NOY-. The summed E-state index contributed by atoms with van der Waals surface area (Å²) in [7, 11) is 0. The second kappa shape index (κ2) is 7.13. The maximum absolute atomic E-state index is 11.2. The van der Waals surface area contributed by atoms with Crippen molar-refractivity contribution < 1.29 is 37.5 Å². The minimum absolute atomic E-state index is 0. The summed E-state index contributed by atoms with van der Waals surface area (Å²) >= 11 is 0. The molecule has 0 spiro atoms. The zero-order valence-corrected chi connectivity index (χ0v) is 11.5. The summed E-state index contributed by atoms with van der Waals surface area (Å²) < 4.78 is 0. The van der Waals surface area contributed by atoms with Crippen molar-refractivity contribution in [1.29, 1.82) is 0 Å². The van der Waals surface area contributed by atoms with Gasteiger partial charge >= 0.3 is 0 Å². The van der Waals surface area contributed by atoms with Crippen molar-refractivity contribution in [1.82, 2.24) is 0 Å². The molecular weight excluding hydrogens is 251 g/mol. The summed E-state index contributed by atoms with van der Waals surface area (Å²) in [6, 6.07) is 8.48. The zero-order chi connectivity index (χ0) is 9.68. The van der Waals surface area contributed by atoms with Crippen LogP contribution in [0, 0.1) is 13.0 Å². The average Bonchev–Trinajstić information content (AvgIpc) is 2.09. The topological polar surface area (TPSA) is 29.1 Å². The Hall–Kier alpha value is -0.206. The smallest absolute Gasteiger partial charge is 0.222 e. The van der Waals surface area contributed by atoms with Crippen LogP contribution in [0.15, 0.2) is 18.2 Å². The average molecular weight is 265 g/mol. The number of hydrogen-bond acceptors (Lipinski definition) is 1. The largest absolute Gasteiger partial charge is 0.349 e. The minimum Gasteiger partial charge on any atom is -0.349 e. The number of rotatable bonds is 3. The van der Waals surface area contributed by atoms with E-state index >= 15 is 0 Å². The molecule has 0 fully saturated rings. The fourth-order valence-corrected chi connectivity index (χ4v) is 1.09. The van der Waals surface area contributed by atoms with Gasteiger partial charge in [-0.05, 0) is 6.42 Å². The Kier molecular flexibility index (Phi) is 7.03. The Balaban J connectivity index is 0.00000169.